The van der Waals surface area contributed by atoms with Crippen molar-refractivity contribution in [3.8, 4) is 11.5 Å². The monoisotopic (exact) mass is 508 g/mol. The molecule has 0 unspecified atom stereocenters. The van der Waals surface area contributed by atoms with Crippen LogP contribution >= 0.6 is 27.5 Å². The largest absolute Gasteiger partial charge is 0.506 e. The zero-order valence-electron chi connectivity index (χ0n) is 14.0. The third-order valence-corrected chi connectivity index (χ3v) is 5.02. The van der Waals surface area contributed by atoms with Crippen LogP contribution in [-0.4, -0.2) is 26.3 Å². The van der Waals surface area contributed by atoms with Crippen molar-refractivity contribution < 1.29 is 37.2 Å². The average Bonchev–Trinajstić information content (AvgIpc) is 2.68. The molecule has 0 atom stereocenters. The van der Waals surface area contributed by atoms with Crippen molar-refractivity contribution in [2.24, 2.45) is 0 Å². The first-order chi connectivity index (χ1) is 12.9. The van der Waals surface area contributed by atoms with Gasteiger partial charge in [-0.1, -0.05) is 35.9 Å². The van der Waals surface area contributed by atoms with E-state index in [4.69, 9.17) is 16.7 Å². The maximum atomic E-state index is 10.8. The van der Waals surface area contributed by atoms with E-state index in [-0.39, 0.29) is 34.1 Å². The summed E-state index contributed by atoms with van der Waals surface area (Å²) in [5, 5.41) is 30.8. The molecule has 0 saturated carbocycles. The van der Waals surface area contributed by atoms with Gasteiger partial charge in [0.2, 0.25) is 0 Å². The molecule has 147 valence electrons. The van der Waals surface area contributed by atoms with Gasteiger partial charge in [0.1, 0.15) is 22.6 Å². The minimum atomic E-state index is -1.14. The summed E-state index contributed by atoms with van der Waals surface area (Å²) in [5.41, 5.74) is 0.450. The zero-order valence-corrected chi connectivity index (χ0v) is 17.3. The molecular formula is C20H13BrClCuNO4. The maximum Gasteiger partial charge on any atom is 0.339 e. The van der Waals surface area contributed by atoms with E-state index in [0.29, 0.717) is 15.0 Å². The van der Waals surface area contributed by atoms with Gasteiger partial charge in [-0.2, -0.15) is 0 Å². The summed E-state index contributed by atoms with van der Waals surface area (Å²) in [6.07, 6.45) is 1.62. The molecule has 1 heterocycles. The second-order valence-electron chi connectivity index (χ2n) is 5.58. The Morgan fingerprint density at radius 2 is 1.68 bits per heavy atom. The van der Waals surface area contributed by atoms with Crippen molar-refractivity contribution in [1.29, 1.82) is 0 Å². The molecule has 28 heavy (non-hydrogen) atoms. The molecule has 4 rings (SSSR count). The van der Waals surface area contributed by atoms with Gasteiger partial charge < -0.3 is 15.3 Å². The van der Waals surface area contributed by atoms with E-state index in [1.54, 1.807) is 24.4 Å². The average molecular weight is 510 g/mol. The van der Waals surface area contributed by atoms with E-state index >= 15 is 0 Å². The fraction of sp³-hybridized carbons (Fsp3) is 0. The van der Waals surface area contributed by atoms with Crippen LogP contribution in [-0.2, 0) is 17.1 Å². The third kappa shape index (κ3) is 4.39. The van der Waals surface area contributed by atoms with Gasteiger partial charge in [0.25, 0.3) is 0 Å². The number of phenols is 2. The van der Waals surface area contributed by atoms with Gasteiger partial charge in [0.05, 0.1) is 9.50 Å². The van der Waals surface area contributed by atoms with E-state index in [0.717, 1.165) is 16.2 Å². The normalized spacial score (nSPS) is 10.1. The molecule has 0 fully saturated rings. The Balaban J connectivity index is 0.000000198. The van der Waals surface area contributed by atoms with Gasteiger partial charge in [0.15, 0.2) is 0 Å². The number of nitrogens with zero attached hydrogens (tertiary/aromatic N) is 1. The molecule has 3 N–H and O–H groups in total. The van der Waals surface area contributed by atoms with Gasteiger partial charge in [-0.05, 0) is 57.0 Å². The van der Waals surface area contributed by atoms with Crippen molar-refractivity contribution >= 4 is 55.2 Å². The van der Waals surface area contributed by atoms with E-state index in [1.165, 1.54) is 12.1 Å². The molecule has 4 aromatic rings. The van der Waals surface area contributed by atoms with Gasteiger partial charge >= 0.3 is 5.97 Å². The van der Waals surface area contributed by atoms with E-state index in [2.05, 4.69) is 20.9 Å². The zero-order chi connectivity index (χ0) is 19.6. The van der Waals surface area contributed by atoms with Gasteiger partial charge in [-0.3, -0.25) is 4.98 Å². The number of aromatic carboxylic acids is 1. The predicted octanol–water partition coefficient (Wildman–Crippen LogP) is 5.60. The number of pyridine rings is 1. The Bertz CT molecular complexity index is 1130. The summed E-state index contributed by atoms with van der Waals surface area (Å²) in [5.74, 6) is -1.21. The van der Waals surface area contributed by atoms with Crippen LogP contribution in [0.25, 0.3) is 21.7 Å². The number of rotatable bonds is 1. The Morgan fingerprint density at radius 1 is 1.00 bits per heavy atom. The van der Waals surface area contributed by atoms with Gasteiger partial charge in [-0.25, -0.2) is 4.79 Å². The molecule has 0 amide bonds. The Morgan fingerprint density at radius 3 is 2.36 bits per heavy atom. The summed E-state index contributed by atoms with van der Waals surface area (Å²) in [4.78, 5) is 14.8. The molecule has 1 radical (unpaired) electrons. The summed E-state index contributed by atoms with van der Waals surface area (Å²) >= 11 is 9.06. The predicted molar refractivity (Wildman–Crippen MR) is 109 cm³/mol. The summed E-state index contributed by atoms with van der Waals surface area (Å²) < 4.78 is 0.415. The van der Waals surface area contributed by atoms with Crippen LogP contribution < -0.4 is 0 Å². The van der Waals surface area contributed by atoms with E-state index in [9.17, 15) is 15.0 Å². The molecule has 0 spiro atoms. The standard InChI is InChI=1S/C11H7BrO3.C9H6ClNO.Cu/c12-9-7-4-2-1-3-6(7)5-8(10(9)13)11(14)15;10-7-3-4-8(12)9-6(7)2-1-5-11-9;/h1-5,13H,(H,14,15);1-5,12H;. The van der Waals surface area contributed by atoms with Crippen LogP contribution in [0.1, 0.15) is 10.4 Å². The number of hydrogen-bond donors (Lipinski definition) is 3. The molecule has 1 aromatic heterocycles. The van der Waals surface area contributed by atoms with Gasteiger partial charge in [0, 0.05) is 28.7 Å². The number of hydrogen-bond acceptors (Lipinski definition) is 4. The van der Waals surface area contributed by atoms with Crippen molar-refractivity contribution in [2.75, 3.05) is 0 Å². The third-order valence-electron chi connectivity index (χ3n) is 3.89. The molecule has 8 heteroatoms. The van der Waals surface area contributed by atoms with Crippen molar-refractivity contribution in [3.05, 3.63) is 75.9 Å². The first kappa shape index (κ1) is 22.0. The Labute approximate surface area is 184 Å². The van der Waals surface area contributed by atoms with Crippen molar-refractivity contribution in [1.82, 2.24) is 4.98 Å². The topological polar surface area (TPSA) is 90.7 Å². The molecular weight excluding hydrogens is 497 g/mol. The maximum absolute atomic E-state index is 10.8. The Hall–Kier alpha value is -2.31. The summed E-state index contributed by atoms with van der Waals surface area (Å²) in [6, 6.07) is 15.5. The smallest absolute Gasteiger partial charge is 0.339 e. The molecule has 0 saturated heterocycles. The number of benzene rings is 3. The van der Waals surface area contributed by atoms with E-state index in [1.807, 2.05) is 24.3 Å². The van der Waals surface area contributed by atoms with Crippen LogP contribution in [0, 0.1) is 0 Å². The molecule has 0 aliphatic carbocycles. The molecule has 0 aliphatic heterocycles. The van der Waals surface area contributed by atoms with Crippen LogP contribution in [0.2, 0.25) is 5.02 Å². The van der Waals surface area contributed by atoms with Crippen molar-refractivity contribution in [2.45, 2.75) is 0 Å². The van der Waals surface area contributed by atoms with Gasteiger partial charge in [-0.15, -0.1) is 0 Å². The minimum Gasteiger partial charge on any atom is -0.506 e. The first-order valence-corrected chi connectivity index (χ1v) is 8.93. The number of aromatic nitrogens is 1. The number of fused-ring (bicyclic) bond motifs is 2. The number of carboxylic acids is 1. The molecule has 5 nitrogen and oxygen atoms in total. The number of halogens is 2. The summed E-state index contributed by atoms with van der Waals surface area (Å²) in [7, 11) is 0. The summed E-state index contributed by atoms with van der Waals surface area (Å²) in [6.45, 7) is 0. The number of aromatic hydroxyl groups is 2. The molecule has 0 bridgehead atoms. The van der Waals surface area contributed by atoms with Crippen LogP contribution in [0.3, 0.4) is 0 Å². The van der Waals surface area contributed by atoms with E-state index < -0.39 is 5.97 Å². The fourth-order valence-corrected chi connectivity index (χ4v) is 3.37. The number of carboxylic acid groups (broad SMARTS) is 1. The first-order valence-electron chi connectivity index (χ1n) is 7.76. The van der Waals surface area contributed by atoms with Crippen LogP contribution in [0.4, 0.5) is 0 Å². The molecule has 3 aromatic carbocycles. The Kier molecular flexibility index (Phi) is 7.27. The molecule has 0 aliphatic rings. The second kappa shape index (κ2) is 9.26. The van der Waals surface area contributed by atoms with Crippen LogP contribution in [0.15, 0.2) is 65.3 Å². The van der Waals surface area contributed by atoms with Crippen LogP contribution in [0.5, 0.6) is 11.5 Å². The number of phenolic OH excluding ortho intramolecular Hbond substituents is 1. The number of carbonyl (C=O) groups is 1. The second-order valence-corrected chi connectivity index (χ2v) is 6.78. The minimum absolute atomic E-state index is 0. The van der Waals surface area contributed by atoms with Crippen molar-refractivity contribution in [3.63, 3.8) is 0 Å². The quantitative estimate of drug-likeness (QED) is 0.290. The fourth-order valence-electron chi connectivity index (χ4n) is 2.58. The SMILES string of the molecule is O=C(O)c1cc2ccccc2c(Br)c1O.Oc1ccc(Cl)c2cccnc12.[Cu].